The minimum atomic E-state index is -0.147. The monoisotopic (exact) mass is 332 g/mol. The van der Waals surface area contributed by atoms with Crippen LogP contribution in [0.4, 0.5) is 0 Å². The van der Waals surface area contributed by atoms with Gasteiger partial charge in [0, 0.05) is 13.3 Å². The van der Waals surface area contributed by atoms with Crippen molar-refractivity contribution in [1.82, 2.24) is 0 Å². The molecule has 0 aromatic rings. The zero-order valence-corrected chi connectivity index (χ0v) is 15.4. The number of carbonyl (C=O) groups excluding carboxylic acids is 1. The molecule has 3 fully saturated rings. The van der Waals surface area contributed by atoms with E-state index < -0.39 is 0 Å². The highest BCUT2D eigenvalue weighted by Crippen LogP contribution is 2.64. The molecule has 4 rings (SSSR count). The van der Waals surface area contributed by atoms with Gasteiger partial charge < -0.3 is 9.84 Å². The highest BCUT2D eigenvalue weighted by molar-refractivity contribution is 5.66. The van der Waals surface area contributed by atoms with Gasteiger partial charge >= 0.3 is 5.97 Å². The summed E-state index contributed by atoms with van der Waals surface area (Å²) in [5.74, 6) is 2.03. The first kappa shape index (κ1) is 16.6. The largest absolute Gasteiger partial charge is 0.462 e. The summed E-state index contributed by atoms with van der Waals surface area (Å²) in [7, 11) is 0. The van der Waals surface area contributed by atoms with Crippen molar-refractivity contribution >= 4 is 5.97 Å². The third kappa shape index (κ3) is 2.30. The zero-order valence-electron chi connectivity index (χ0n) is 15.4. The van der Waals surface area contributed by atoms with Crippen molar-refractivity contribution in [3.05, 3.63) is 11.6 Å². The maximum Gasteiger partial charge on any atom is 0.302 e. The molecule has 0 heterocycles. The quantitative estimate of drug-likeness (QED) is 0.577. The predicted octanol–water partition coefficient (Wildman–Crippen LogP) is 4.24. The summed E-state index contributed by atoms with van der Waals surface area (Å²) in [5.41, 5.74) is 1.98. The third-order valence-electron chi connectivity index (χ3n) is 8.34. The van der Waals surface area contributed by atoms with E-state index in [4.69, 9.17) is 4.74 Å². The molecule has 3 heteroatoms. The average molecular weight is 332 g/mol. The molecule has 3 nitrogen and oxygen atoms in total. The van der Waals surface area contributed by atoms with Crippen LogP contribution in [0.5, 0.6) is 0 Å². The van der Waals surface area contributed by atoms with Crippen LogP contribution in [0.1, 0.15) is 72.1 Å². The SMILES string of the molecule is CC(=O)OC1CCC2(C)C(=CCC3C2CCC2(C)C(O)CCC32)C1. The molecule has 7 atom stereocenters. The van der Waals surface area contributed by atoms with Gasteiger partial charge in [-0.25, -0.2) is 0 Å². The van der Waals surface area contributed by atoms with E-state index in [9.17, 15) is 9.90 Å². The Morgan fingerprint density at radius 2 is 1.96 bits per heavy atom. The van der Waals surface area contributed by atoms with Crippen molar-refractivity contribution in [2.24, 2.45) is 28.6 Å². The molecule has 4 aliphatic carbocycles. The van der Waals surface area contributed by atoms with Gasteiger partial charge in [-0.3, -0.25) is 4.79 Å². The van der Waals surface area contributed by atoms with Crippen LogP contribution in [0.15, 0.2) is 11.6 Å². The summed E-state index contributed by atoms with van der Waals surface area (Å²) in [6.07, 6.45) is 11.3. The molecular formula is C21H32O3. The molecule has 1 N–H and O–H groups in total. The molecule has 134 valence electrons. The average Bonchev–Trinajstić information content (AvgIpc) is 2.83. The minimum Gasteiger partial charge on any atom is -0.462 e. The van der Waals surface area contributed by atoms with Crippen LogP contribution < -0.4 is 0 Å². The number of aliphatic hydroxyl groups is 1. The van der Waals surface area contributed by atoms with Crippen molar-refractivity contribution in [1.29, 1.82) is 0 Å². The Labute approximate surface area is 145 Å². The lowest BCUT2D eigenvalue weighted by Crippen LogP contribution is -2.51. The zero-order chi connectivity index (χ0) is 17.1. The van der Waals surface area contributed by atoms with Gasteiger partial charge in [0.1, 0.15) is 6.10 Å². The predicted molar refractivity (Wildman–Crippen MR) is 93.3 cm³/mol. The Balaban J connectivity index is 1.59. The lowest BCUT2D eigenvalue weighted by Gasteiger charge is -2.57. The Morgan fingerprint density at radius 3 is 2.71 bits per heavy atom. The number of fused-ring (bicyclic) bond motifs is 5. The lowest BCUT2D eigenvalue weighted by molar-refractivity contribution is -0.148. The second-order valence-corrected chi connectivity index (χ2v) is 9.37. The van der Waals surface area contributed by atoms with Gasteiger partial charge in [0.2, 0.25) is 0 Å². The van der Waals surface area contributed by atoms with Gasteiger partial charge in [-0.05, 0) is 73.5 Å². The fourth-order valence-electron chi connectivity index (χ4n) is 6.94. The number of esters is 1. The van der Waals surface area contributed by atoms with E-state index in [1.165, 1.54) is 26.2 Å². The fourth-order valence-corrected chi connectivity index (χ4v) is 6.94. The Bertz CT molecular complexity index is 567. The van der Waals surface area contributed by atoms with Crippen molar-refractivity contribution in [2.75, 3.05) is 0 Å². The van der Waals surface area contributed by atoms with Crippen LogP contribution in [0.3, 0.4) is 0 Å². The second kappa shape index (κ2) is 5.59. The van der Waals surface area contributed by atoms with Gasteiger partial charge in [0.15, 0.2) is 0 Å². The molecule has 0 radical (unpaired) electrons. The van der Waals surface area contributed by atoms with Crippen LogP contribution in [-0.2, 0) is 9.53 Å². The summed E-state index contributed by atoms with van der Waals surface area (Å²) in [5, 5.41) is 10.5. The van der Waals surface area contributed by atoms with Gasteiger partial charge in [0.05, 0.1) is 6.10 Å². The van der Waals surface area contributed by atoms with E-state index in [1.54, 1.807) is 5.57 Å². The standard InChI is InChI=1S/C21H32O3/c1-13(22)24-15-8-10-20(2)14(12-15)4-5-16-17-6-7-19(23)21(17,3)11-9-18(16)20/h4,15-19,23H,5-12H2,1-3H3. The van der Waals surface area contributed by atoms with Gasteiger partial charge in [-0.1, -0.05) is 25.5 Å². The number of ether oxygens (including phenoxy) is 1. The van der Waals surface area contributed by atoms with Gasteiger partial charge in [-0.2, -0.15) is 0 Å². The maximum absolute atomic E-state index is 11.3. The van der Waals surface area contributed by atoms with Crippen molar-refractivity contribution in [3.63, 3.8) is 0 Å². The first-order valence-corrected chi connectivity index (χ1v) is 9.89. The smallest absolute Gasteiger partial charge is 0.302 e. The number of carbonyl (C=O) groups is 1. The van der Waals surface area contributed by atoms with Crippen molar-refractivity contribution in [3.8, 4) is 0 Å². The molecule has 7 unspecified atom stereocenters. The summed E-state index contributed by atoms with van der Waals surface area (Å²) in [6.45, 7) is 6.32. The van der Waals surface area contributed by atoms with E-state index in [1.807, 2.05) is 0 Å². The number of rotatable bonds is 1. The van der Waals surface area contributed by atoms with Crippen LogP contribution in [0, 0.1) is 28.6 Å². The van der Waals surface area contributed by atoms with Crippen LogP contribution in [0.25, 0.3) is 0 Å². The molecular weight excluding hydrogens is 300 g/mol. The van der Waals surface area contributed by atoms with E-state index in [-0.39, 0.29) is 29.0 Å². The summed E-state index contributed by atoms with van der Waals surface area (Å²) in [6, 6.07) is 0. The topological polar surface area (TPSA) is 46.5 Å². The molecule has 0 saturated heterocycles. The molecule has 0 aromatic carbocycles. The molecule has 4 aliphatic rings. The molecule has 0 amide bonds. The second-order valence-electron chi connectivity index (χ2n) is 9.37. The van der Waals surface area contributed by atoms with Crippen molar-refractivity contribution in [2.45, 2.75) is 84.3 Å². The van der Waals surface area contributed by atoms with E-state index >= 15 is 0 Å². The molecule has 0 aromatic heterocycles. The molecule has 24 heavy (non-hydrogen) atoms. The maximum atomic E-state index is 11.3. The summed E-state index contributed by atoms with van der Waals surface area (Å²) >= 11 is 0. The molecule has 0 aliphatic heterocycles. The first-order chi connectivity index (χ1) is 11.3. The van der Waals surface area contributed by atoms with E-state index in [0.29, 0.717) is 5.92 Å². The highest BCUT2D eigenvalue weighted by Gasteiger charge is 2.58. The molecule has 0 spiro atoms. The summed E-state index contributed by atoms with van der Waals surface area (Å²) < 4.78 is 5.51. The Kier molecular flexibility index (Phi) is 3.87. The number of hydrogen-bond donors (Lipinski definition) is 1. The van der Waals surface area contributed by atoms with Crippen LogP contribution in [-0.4, -0.2) is 23.3 Å². The fraction of sp³-hybridized carbons (Fsp3) is 0.857. The first-order valence-electron chi connectivity index (χ1n) is 9.89. The minimum absolute atomic E-state index is 0.0838. The highest BCUT2D eigenvalue weighted by atomic mass is 16.5. The molecule has 3 saturated carbocycles. The normalized spacial score (nSPS) is 50.3. The van der Waals surface area contributed by atoms with E-state index in [2.05, 4.69) is 19.9 Å². The number of aliphatic hydroxyl groups excluding tert-OH is 1. The van der Waals surface area contributed by atoms with E-state index in [0.717, 1.165) is 43.9 Å². The Morgan fingerprint density at radius 1 is 1.17 bits per heavy atom. The number of hydrogen-bond acceptors (Lipinski definition) is 3. The Hall–Kier alpha value is -0.830. The van der Waals surface area contributed by atoms with Gasteiger partial charge in [-0.15, -0.1) is 0 Å². The van der Waals surface area contributed by atoms with Crippen LogP contribution in [0.2, 0.25) is 0 Å². The van der Waals surface area contributed by atoms with Crippen molar-refractivity contribution < 1.29 is 14.6 Å². The number of allylic oxidation sites excluding steroid dienone is 1. The summed E-state index contributed by atoms with van der Waals surface area (Å²) in [4.78, 5) is 11.3. The third-order valence-corrected chi connectivity index (χ3v) is 8.34. The van der Waals surface area contributed by atoms with Crippen LogP contribution >= 0.6 is 0 Å². The van der Waals surface area contributed by atoms with Gasteiger partial charge in [0.25, 0.3) is 0 Å². The molecule has 0 bridgehead atoms. The lowest BCUT2D eigenvalue weighted by atomic mass is 9.48.